The van der Waals surface area contributed by atoms with Crippen LogP contribution in [0, 0.1) is 0 Å². The number of hydrogen-bond donors (Lipinski definition) is 4. The lowest BCUT2D eigenvalue weighted by Crippen LogP contribution is -2.13. The first-order valence-corrected chi connectivity index (χ1v) is 13.4. The lowest BCUT2D eigenvalue weighted by Gasteiger charge is -2.07. The summed E-state index contributed by atoms with van der Waals surface area (Å²) in [4.78, 5) is 23.9. The van der Waals surface area contributed by atoms with Crippen molar-refractivity contribution < 1.29 is 26.4 Å². The van der Waals surface area contributed by atoms with E-state index in [1.807, 2.05) is 0 Å². The Morgan fingerprint density at radius 2 is 0.879 bits per heavy atom. The van der Waals surface area contributed by atoms with Gasteiger partial charge in [-0.05, 0) is 61.4 Å². The molecule has 0 saturated heterocycles. The number of nitrogens with one attached hydrogen (secondary N) is 2. The molecule has 2 rings (SSSR count). The van der Waals surface area contributed by atoms with Gasteiger partial charge >= 0.3 is 0 Å². The number of sulfonamides is 2. The number of primary sulfonamides is 2. The minimum Gasteiger partial charge on any atom is -0.326 e. The highest BCUT2D eigenvalue weighted by Crippen LogP contribution is 2.15. The van der Waals surface area contributed by atoms with Gasteiger partial charge in [-0.25, -0.2) is 27.1 Å². The van der Waals surface area contributed by atoms with Crippen LogP contribution in [0.1, 0.15) is 44.9 Å². The summed E-state index contributed by atoms with van der Waals surface area (Å²) in [6, 6.07) is 11.3. The lowest BCUT2D eigenvalue weighted by molar-refractivity contribution is -0.117. The highest BCUT2D eigenvalue weighted by atomic mass is 32.2. The normalized spacial score (nSPS) is 11.7. The summed E-state index contributed by atoms with van der Waals surface area (Å²) in [5, 5.41) is 15.5. The van der Waals surface area contributed by atoms with Gasteiger partial charge in [0, 0.05) is 24.2 Å². The number of carbonyl (C=O) groups excluding carboxylic acids is 2. The molecular weight excluding hydrogens is 468 g/mol. The van der Waals surface area contributed by atoms with Gasteiger partial charge < -0.3 is 10.6 Å². The third-order valence-electron chi connectivity index (χ3n) is 4.74. The molecule has 0 spiro atoms. The van der Waals surface area contributed by atoms with Crippen molar-refractivity contribution in [3.05, 3.63) is 48.5 Å². The van der Waals surface area contributed by atoms with Crippen LogP contribution in [0.3, 0.4) is 0 Å². The molecule has 0 aliphatic heterocycles. The molecule has 2 aromatic carbocycles. The molecule has 0 radical (unpaired) electrons. The van der Waals surface area contributed by atoms with Crippen molar-refractivity contribution in [1.82, 2.24) is 0 Å². The van der Waals surface area contributed by atoms with Crippen LogP contribution in [0.4, 0.5) is 11.4 Å². The number of hydrogen-bond acceptors (Lipinski definition) is 6. The number of carbonyl (C=O) groups is 2. The molecule has 2 aromatic rings. The van der Waals surface area contributed by atoms with Crippen molar-refractivity contribution in [2.24, 2.45) is 10.3 Å². The Balaban J connectivity index is 1.57. The first-order chi connectivity index (χ1) is 15.4. The quantitative estimate of drug-likeness (QED) is 0.327. The van der Waals surface area contributed by atoms with E-state index in [-0.39, 0.29) is 21.6 Å². The predicted octanol–water partition coefficient (Wildman–Crippen LogP) is 2.29. The number of unbranched alkanes of at least 4 members (excludes halogenated alkanes) is 4. The van der Waals surface area contributed by atoms with E-state index in [1.54, 1.807) is 0 Å². The Hall–Kier alpha value is -2.80. The van der Waals surface area contributed by atoms with Gasteiger partial charge in [-0.3, -0.25) is 9.59 Å². The maximum atomic E-state index is 12.0. The second-order valence-electron chi connectivity index (χ2n) is 7.50. The molecule has 0 bridgehead atoms. The first-order valence-electron chi connectivity index (χ1n) is 10.3. The molecule has 180 valence electrons. The van der Waals surface area contributed by atoms with Gasteiger partial charge in [0.1, 0.15) is 0 Å². The highest BCUT2D eigenvalue weighted by Gasteiger charge is 2.09. The molecule has 2 amide bonds. The maximum Gasteiger partial charge on any atom is 0.238 e. The molecule has 0 aliphatic carbocycles. The standard InChI is InChI=1S/C21H28N4O6S2/c22-32(28,29)18-12-8-16(9-13-18)24-20(26)6-4-2-1-3-5-7-21(27)25-17-10-14-19(15-11-17)33(23,30)31/h8-15H,1-7H2,(H,24,26)(H,25,27)(H2,22,28,29)(H2,23,30,31). The van der Waals surface area contributed by atoms with Gasteiger partial charge in [-0.2, -0.15) is 0 Å². The fourth-order valence-corrected chi connectivity index (χ4v) is 4.04. The number of anilines is 2. The van der Waals surface area contributed by atoms with Crippen LogP contribution in [0.25, 0.3) is 0 Å². The molecule has 0 saturated carbocycles. The second-order valence-corrected chi connectivity index (χ2v) is 10.6. The van der Waals surface area contributed by atoms with Crippen molar-refractivity contribution in [2.45, 2.75) is 54.7 Å². The maximum absolute atomic E-state index is 12.0. The summed E-state index contributed by atoms with van der Waals surface area (Å²) in [6.07, 6.45) is 4.64. The summed E-state index contributed by atoms with van der Waals surface area (Å²) in [6.45, 7) is 0. The van der Waals surface area contributed by atoms with Crippen molar-refractivity contribution in [1.29, 1.82) is 0 Å². The largest absolute Gasteiger partial charge is 0.326 e. The summed E-state index contributed by atoms with van der Waals surface area (Å²) in [5.41, 5.74) is 0.996. The van der Waals surface area contributed by atoms with Gasteiger partial charge in [0.05, 0.1) is 9.79 Å². The van der Waals surface area contributed by atoms with Crippen LogP contribution in [0.5, 0.6) is 0 Å². The van der Waals surface area contributed by atoms with E-state index in [9.17, 15) is 26.4 Å². The summed E-state index contributed by atoms with van der Waals surface area (Å²) < 4.78 is 44.9. The van der Waals surface area contributed by atoms with Crippen LogP contribution in [-0.4, -0.2) is 28.6 Å². The zero-order chi connectivity index (χ0) is 24.5. The Morgan fingerprint density at radius 3 is 1.18 bits per heavy atom. The highest BCUT2D eigenvalue weighted by molar-refractivity contribution is 7.89. The first kappa shape index (κ1) is 26.5. The monoisotopic (exact) mass is 496 g/mol. The lowest BCUT2D eigenvalue weighted by atomic mass is 10.1. The smallest absolute Gasteiger partial charge is 0.238 e. The van der Waals surface area contributed by atoms with Gasteiger partial charge in [0.25, 0.3) is 0 Å². The second kappa shape index (κ2) is 11.9. The minimum atomic E-state index is -3.76. The van der Waals surface area contributed by atoms with Crippen LogP contribution in [-0.2, 0) is 29.6 Å². The SMILES string of the molecule is NS(=O)(=O)c1ccc(NC(=O)CCCCCCCC(=O)Nc2ccc(S(N)(=O)=O)cc2)cc1. The van der Waals surface area contributed by atoms with Crippen LogP contribution < -0.4 is 20.9 Å². The van der Waals surface area contributed by atoms with E-state index in [0.717, 1.165) is 19.3 Å². The van der Waals surface area contributed by atoms with E-state index in [2.05, 4.69) is 10.6 Å². The third-order valence-corrected chi connectivity index (χ3v) is 6.60. The molecule has 10 nitrogen and oxygen atoms in total. The summed E-state index contributed by atoms with van der Waals surface area (Å²) >= 11 is 0. The molecule has 6 N–H and O–H groups in total. The molecule has 0 aliphatic rings. The van der Waals surface area contributed by atoms with E-state index in [0.29, 0.717) is 37.1 Å². The Kier molecular flexibility index (Phi) is 9.53. The van der Waals surface area contributed by atoms with Crippen molar-refractivity contribution in [2.75, 3.05) is 10.6 Å². The predicted molar refractivity (Wildman–Crippen MR) is 125 cm³/mol. The fraction of sp³-hybridized carbons (Fsp3) is 0.333. The number of benzene rings is 2. The minimum absolute atomic E-state index is 0.0193. The van der Waals surface area contributed by atoms with Gasteiger partial charge in [0.2, 0.25) is 31.9 Å². The van der Waals surface area contributed by atoms with Gasteiger partial charge in [-0.15, -0.1) is 0 Å². The summed E-state index contributed by atoms with van der Waals surface area (Å²) in [7, 11) is -7.53. The molecule has 0 atom stereocenters. The zero-order valence-electron chi connectivity index (χ0n) is 18.0. The third kappa shape index (κ3) is 9.70. The van der Waals surface area contributed by atoms with E-state index < -0.39 is 20.0 Å². The average Bonchev–Trinajstić information content (AvgIpc) is 2.72. The topological polar surface area (TPSA) is 179 Å². The number of amides is 2. The van der Waals surface area contributed by atoms with E-state index in [4.69, 9.17) is 10.3 Å². The zero-order valence-corrected chi connectivity index (χ0v) is 19.6. The van der Waals surface area contributed by atoms with Crippen LogP contribution in [0.15, 0.2) is 58.3 Å². The average molecular weight is 497 g/mol. The molecule has 0 aromatic heterocycles. The van der Waals surface area contributed by atoms with Gasteiger partial charge in [0.15, 0.2) is 0 Å². The number of nitrogens with two attached hydrogens (primary N) is 2. The van der Waals surface area contributed by atoms with E-state index >= 15 is 0 Å². The Bertz CT molecular complexity index is 1070. The van der Waals surface area contributed by atoms with Crippen molar-refractivity contribution >= 4 is 43.2 Å². The van der Waals surface area contributed by atoms with Crippen LogP contribution >= 0.6 is 0 Å². The Morgan fingerprint density at radius 1 is 0.576 bits per heavy atom. The van der Waals surface area contributed by atoms with Gasteiger partial charge in [-0.1, -0.05) is 19.3 Å². The summed E-state index contributed by atoms with van der Waals surface area (Å²) in [5.74, 6) is -0.322. The number of rotatable bonds is 12. The van der Waals surface area contributed by atoms with Crippen molar-refractivity contribution in [3.63, 3.8) is 0 Å². The molecule has 0 heterocycles. The molecular formula is C21H28N4O6S2. The van der Waals surface area contributed by atoms with E-state index in [1.165, 1.54) is 48.5 Å². The fourth-order valence-electron chi connectivity index (χ4n) is 3.00. The molecule has 0 fully saturated rings. The molecule has 12 heteroatoms. The van der Waals surface area contributed by atoms with Crippen LogP contribution in [0.2, 0.25) is 0 Å². The molecule has 0 unspecified atom stereocenters. The Labute approximate surface area is 193 Å². The van der Waals surface area contributed by atoms with Crippen molar-refractivity contribution in [3.8, 4) is 0 Å². The molecule has 33 heavy (non-hydrogen) atoms.